The van der Waals surface area contributed by atoms with E-state index in [0.29, 0.717) is 26.8 Å². The van der Waals surface area contributed by atoms with E-state index in [2.05, 4.69) is 10.1 Å². The summed E-state index contributed by atoms with van der Waals surface area (Å²) in [6.45, 7) is 2.00. The Hall–Kier alpha value is -3.19. The van der Waals surface area contributed by atoms with Gasteiger partial charge in [0.2, 0.25) is 4.96 Å². The van der Waals surface area contributed by atoms with E-state index in [0.717, 1.165) is 16.7 Å². The van der Waals surface area contributed by atoms with Gasteiger partial charge in [-0.3, -0.25) is 4.79 Å². The van der Waals surface area contributed by atoms with Crippen molar-refractivity contribution in [2.24, 2.45) is 0 Å². The number of ether oxygens (including phenoxy) is 2. The highest BCUT2D eigenvalue weighted by atomic mass is 32.1. The summed E-state index contributed by atoms with van der Waals surface area (Å²) in [5.41, 5.74) is 2.55. The Morgan fingerprint density at radius 1 is 1.11 bits per heavy atom. The third-order valence-corrected chi connectivity index (χ3v) is 5.25. The first kappa shape index (κ1) is 17.2. The molecule has 2 aromatic heterocycles. The first-order valence-electron chi connectivity index (χ1n) is 8.30. The van der Waals surface area contributed by atoms with Gasteiger partial charge < -0.3 is 9.47 Å². The molecule has 136 valence electrons. The summed E-state index contributed by atoms with van der Waals surface area (Å²) in [5.74, 6) is 1.91. The smallest absolute Gasteiger partial charge is 0.291 e. The minimum absolute atomic E-state index is 0.202. The Morgan fingerprint density at radius 2 is 1.93 bits per heavy atom. The molecule has 0 fully saturated rings. The number of benzene rings is 2. The summed E-state index contributed by atoms with van der Waals surface area (Å²) in [5, 5.41) is 4.41. The SMILES string of the molecule is COc1ccc(OC)c(C=c2sc3nc(-c4ccccc4C)nn3c2=O)c1. The fourth-order valence-electron chi connectivity index (χ4n) is 2.87. The van der Waals surface area contributed by atoms with Crippen LogP contribution in [-0.4, -0.2) is 28.8 Å². The second kappa shape index (κ2) is 6.85. The van der Waals surface area contributed by atoms with Gasteiger partial charge in [-0.1, -0.05) is 35.6 Å². The molecule has 0 bridgehead atoms. The van der Waals surface area contributed by atoms with Gasteiger partial charge in [-0.2, -0.15) is 9.50 Å². The van der Waals surface area contributed by atoms with E-state index < -0.39 is 0 Å². The van der Waals surface area contributed by atoms with E-state index in [9.17, 15) is 4.79 Å². The Bertz CT molecular complexity index is 1240. The van der Waals surface area contributed by atoms with E-state index in [1.54, 1.807) is 20.3 Å². The van der Waals surface area contributed by atoms with Gasteiger partial charge in [-0.25, -0.2) is 0 Å². The summed E-state index contributed by atoms with van der Waals surface area (Å²) in [6.07, 6.45) is 1.78. The number of nitrogens with zero attached hydrogens (tertiary/aromatic N) is 3. The number of fused-ring (bicyclic) bond motifs is 1. The minimum atomic E-state index is -0.202. The van der Waals surface area contributed by atoms with Crippen LogP contribution >= 0.6 is 11.3 Å². The Morgan fingerprint density at radius 3 is 2.63 bits per heavy atom. The maximum absolute atomic E-state index is 12.8. The molecule has 0 saturated heterocycles. The summed E-state index contributed by atoms with van der Waals surface area (Å²) in [7, 11) is 3.19. The van der Waals surface area contributed by atoms with Gasteiger partial charge in [0.25, 0.3) is 5.56 Å². The number of hydrogen-bond donors (Lipinski definition) is 0. The zero-order chi connectivity index (χ0) is 19.0. The molecule has 4 aromatic rings. The second-order valence-corrected chi connectivity index (χ2v) is 6.98. The van der Waals surface area contributed by atoms with E-state index in [-0.39, 0.29) is 5.56 Å². The van der Waals surface area contributed by atoms with Crippen LogP contribution in [0.4, 0.5) is 0 Å². The van der Waals surface area contributed by atoms with E-state index >= 15 is 0 Å². The molecule has 2 heterocycles. The molecule has 0 radical (unpaired) electrons. The minimum Gasteiger partial charge on any atom is -0.497 e. The molecule has 0 aliphatic carbocycles. The average molecular weight is 379 g/mol. The summed E-state index contributed by atoms with van der Waals surface area (Å²) in [6, 6.07) is 13.3. The number of methoxy groups -OCH3 is 2. The van der Waals surface area contributed by atoms with Crippen LogP contribution in [0.25, 0.3) is 22.4 Å². The third-order valence-electron chi connectivity index (χ3n) is 4.29. The zero-order valence-corrected chi connectivity index (χ0v) is 15.9. The summed E-state index contributed by atoms with van der Waals surface area (Å²) >= 11 is 1.30. The van der Waals surface area contributed by atoms with Crippen molar-refractivity contribution in [2.75, 3.05) is 14.2 Å². The Balaban J connectivity index is 1.85. The highest BCUT2D eigenvalue weighted by molar-refractivity contribution is 7.15. The first-order valence-corrected chi connectivity index (χ1v) is 9.11. The van der Waals surface area contributed by atoms with Gasteiger partial charge in [0.05, 0.1) is 18.8 Å². The number of aromatic nitrogens is 3. The predicted octanol–water partition coefficient (Wildman–Crippen LogP) is 2.69. The average Bonchev–Trinajstić information content (AvgIpc) is 3.22. The van der Waals surface area contributed by atoms with Crippen molar-refractivity contribution in [1.82, 2.24) is 14.6 Å². The Kier molecular flexibility index (Phi) is 4.37. The van der Waals surface area contributed by atoms with Gasteiger partial charge in [0, 0.05) is 11.1 Å². The molecule has 27 heavy (non-hydrogen) atoms. The maximum Gasteiger partial charge on any atom is 0.291 e. The van der Waals surface area contributed by atoms with Gasteiger partial charge in [0.1, 0.15) is 11.5 Å². The van der Waals surface area contributed by atoms with Crippen molar-refractivity contribution >= 4 is 22.4 Å². The molecule has 6 nitrogen and oxygen atoms in total. The van der Waals surface area contributed by atoms with Crippen molar-refractivity contribution in [3.8, 4) is 22.9 Å². The van der Waals surface area contributed by atoms with Crippen LogP contribution in [0.5, 0.6) is 11.5 Å². The molecule has 0 N–H and O–H groups in total. The lowest BCUT2D eigenvalue weighted by Gasteiger charge is -2.06. The van der Waals surface area contributed by atoms with Gasteiger partial charge in [0.15, 0.2) is 5.82 Å². The highest BCUT2D eigenvalue weighted by Crippen LogP contribution is 2.25. The third kappa shape index (κ3) is 3.06. The molecule has 0 unspecified atom stereocenters. The molecule has 4 rings (SSSR count). The standard InChI is InChI=1S/C20H17N3O3S/c1-12-6-4-5-7-15(12)18-21-20-23(22-18)19(24)17(27-20)11-13-10-14(25-2)8-9-16(13)26-3/h4-11H,1-3H3. The van der Waals surface area contributed by atoms with Crippen LogP contribution in [0.3, 0.4) is 0 Å². The molecule has 0 aliphatic rings. The molecule has 0 amide bonds. The summed E-state index contributed by atoms with van der Waals surface area (Å²) in [4.78, 5) is 17.9. The molecular weight excluding hydrogens is 362 g/mol. The molecule has 0 saturated carbocycles. The lowest BCUT2D eigenvalue weighted by Crippen LogP contribution is -2.23. The van der Waals surface area contributed by atoms with Crippen LogP contribution in [-0.2, 0) is 0 Å². The molecule has 7 heteroatoms. The predicted molar refractivity (Wildman–Crippen MR) is 106 cm³/mol. The maximum atomic E-state index is 12.8. The van der Waals surface area contributed by atoms with Crippen molar-refractivity contribution in [3.63, 3.8) is 0 Å². The van der Waals surface area contributed by atoms with Crippen LogP contribution in [0.2, 0.25) is 0 Å². The van der Waals surface area contributed by atoms with Crippen molar-refractivity contribution in [1.29, 1.82) is 0 Å². The number of rotatable bonds is 4. The monoisotopic (exact) mass is 379 g/mol. The quantitative estimate of drug-likeness (QED) is 0.545. The summed E-state index contributed by atoms with van der Waals surface area (Å²) < 4.78 is 12.5. The number of aryl methyl sites for hydroxylation is 1. The Labute approximate surface area is 159 Å². The molecule has 0 atom stereocenters. The van der Waals surface area contributed by atoms with Crippen LogP contribution in [0.1, 0.15) is 11.1 Å². The molecule has 0 aliphatic heterocycles. The fraction of sp³-hybridized carbons (Fsp3) is 0.150. The largest absolute Gasteiger partial charge is 0.497 e. The zero-order valence-electron chi connectivity index (χ0n) is 15.1. The van der Waals surface area contributed by atoms with E-state index in [1.807, 2.05) is 49.4 Å². The molecule has 2 aromatic carbocycles. The van der Waals surface area contributed by atoms with Gasteiger partial charge in [-0.05, 0) is 36.8 Å². The van der Waals surface area contributed by atoms with Crippen LogP contribution < -0.4 is 19.6 Å². The van der Waals surface area contributed by atoms with Gasteiger partial charge in [-0.15, -0.1) is 5.10 Å². The number of thiazole rings is 1. The van der Waals surface area contributed by atoms with Crippen LogP contribution in [0.15, 0.2) is 47.3 Å². The lowest BCUT2D eigenvalue weighted by molar-refractivity contribution is 0.402. The van der Waals surface area contributed by atoms with Crippen molar-refractivity contribution < 1.29 is 9.47 Å². The molecular formula is C20H17N3O3S. The van der Waals surface area contributed by atoms with Crippen molar-refractivity contribution in [3.05, 3.63) is 68.5 Å². The van der Waals surface area contributed by atoms with E-state index in [1.165, 1.54) is 15.9 Å². The van der Waals surface area contributed by atoms with Crippen LogP contribution in [0, 0.1) is 6.92 Å². The fourth-order valence-corrected chi connectivity index (χ4v) is 3.76. The van der Waals surface area contributed by atoms with Gasteiger partial charge >= 0.3 is 0 Å². The lowest BCUT2D eigenvalue weighted by atomic mass is 10.1. The highest BCUT2D eigenvalue weighted by Gasteiger charge is 2.13. The normalized spacial score (nSPS) is 11.9. The first-order chi connectivity index (χ1) is 13.1. The van der Waals surface area contributed by atoms with Crippen molar-refractivity contribution in [2.45, 2.75) is 6.92 Å². The second-order valence-electron chi connectivity index (χ2n) is 5.97. The number of hydrogen-bond acceptors (Lipinski definition) is 6. The van der Waals surface area contributed by atoms with E-state index in [4.69, 9.17) is 9.47 Å². The molecule has 0 spiro atoms. The topological polar surface area (TPSA) is 65.7 Å².